The molecule has 1 N–H and O–H groups in total. The van der Waals surface area contributed by atoms with Gasteiger partial charge in [0.25, 0.3) is 0 Å². The lowest BCUT2D eigenvalue weighted by Gasteiger charge is -2.28. The summed E-state index contributed by atoms with van der Waals surface area (Å²) < 4.78 is 0.331. The minimum Gasteiger partial charge on any atom is -0.342 e. The lowest BCUT2D eigenvalue weighted by atomic mass is 10.1. The maximum atomic E-state index is 12.1. The van der Waals surface area contributed by atoms with Gasteiger partial charge in [-0.1, -0.05) is 0 Å². The Morgan fingerprint density at radius 2 is 2.12 bits per heavy atom. The van der Waals surface area contributed by atoms with E-state index in [-0.39, 0.29) is 11.9 Å². The average Bonchev–Trinajstić information content (AvgIpc) is 2.75. The van der Waals surface area contributed by atoms with Crippen LogP contribution in [-0.2, 0) is 4.79 Å². The zero-order valence-electron chi connectivity index (χ0n) is 11.6. The zero-order valence-corrected chi connectivity index (χ0v) is 12.4. The van der Waals surface area contributed by atoms with Crippen LogP contribution in [-0.4, -0.2) is 47.0 Å². The van der Waals surface area contributed by atoms with E-state index in [2.05, 4.69) is 12.2 Å². The first kappa shape index (κ1) is 14.8. The van der Waals surface area contributed by atoms with Crippen LogP contribution in [0.5, 0.6) is 0 Å². The molecule has 1 saturated heterocycles. The lowest BCUT2D eigenvalue weighted by molar-refractivity contribution is -0.132. The molecule has 0 aromatic rings. The molecule has 0 aromatic heterocycles. The van der Waals surface area contributed by atoms with Crippen molar-refractivity contribution < 1.29 is 4.79 Å². The van der Waals surface area contributed by atoms with E-state index in [1.54, 1.807) is 0 Å². The second-order valence-electron chi connectivity index (χ2n) is 5.02. The average molecular weight is 258 g/mol. The molecule has 3 nitrogen and oxygen atoms in total. The van der Waals surface area contributed by atoms with E-state index < -0.39 is 0 Å². The Morgan fingerprint density at radius 1 is 1.47 bits per heavy atom. The second-order valence-corrected chi connectivity index (χ2v) is 6.70. The van der Waals surface area contributed by atoms with E-state index in [0.29, 0.717) is 4.75 Å². The number of likely N-dealkylation sites (N-methyl/N-ethyl adjacent to an activating group) is 1. The molecule has 100 valence electrons. The molecule has 2 unspecified atom stereocenters. The highest BCUT2D eigenvalue weighted by atomic mass is 32.2. The molecule has 0 aliphatic carbocycles. The van der Waals surface area contributed by atoms with Crippen molar-refractivity contribution >= 4 is 17.7 Å². The number of hydrogen-bond acceptors (Lipinski definition) is 3. The molecule has 4 heteroatoms. The van der Waals surface area contributed by atoms with Crippen LogP contribution in [0.25, 0.3) is 0 Å². The van der Waals surface area contributed by atoms with Crippen molar-refractivity contribution in [2.75, 3.05) is 25.4 Å². The highest BCUT2D eigenvalue weighted by Gasteiger charge is 2.30. The molecule has 0 bridgehead atoms. The van der Waals surface area contributed by atoms with Crippen molar-refractivity contribution in [1.29, 1.82) is 0 Å². The van der Waals surface area contributed by atoms with Gasteiger partial charge in [0.15, 0.2) is 0 Å². The normalized spacial score (nSPS) is 25.9. The summed E-state index contributed by atoms with van der Waals surface area (Å²) in [7, 11) is 0. The smallest absolute Gasteiger partial charge is 0.239 e. The van der Waals surface area contributed by atoms with Crippen molar-refractivity contribution in [3.05, 3.63) is 0 Å². The van der Waals surface area contributed by atoms with Gasteiger partial charge in [0.2, 0.25) is 5.91 Å². The predicted octanol–water partition coefficient (Wildman–Crippen LogP) is 2.12. The molecule has 1 aliphatic rings. The molecular formula is C13H26N2OS. The quantitative estimate of drug-likeness (QED) is 0.792. The molecule has 1 rings (SSSR count). The van der Waals surface area contributed by atoms with Gasteiger partial charge in [-0.3, -0.25) is 4.79 Å². The van der Waals surface area contributed by atoms with Gasteiger partial charge in [-0.2, -0.15) is 11.8 Å². The summed E-state index contributed by atoms with van der Waals surface area (Å²) in [4.78, 5) is 14.0. The summed E-state index contributed by atoms with van der Waals surface area (Å²) in [6, 6.07) is -0.0621. The van der Waals surface area contributed by atoms with Gasteiger partial charge in [-0.25, -0.2) is 0 Å². The minimum atomic E-state index is -0.0621. The van der Waals surface area contributed by atoms with E-state index in [9.17, 15) is 4.79 Å². The molecule has 0 spiro atoms. The predicted molar refractivity (Wildman–Crippen MR) is 75.5 cm³/mol. The summed E-state index contributed by atoms with van der Waals surface area (Å²) >= 11 is 2.03. The number of amides is 1. The van der Waals surface area contributed by atoms with Crippen molar-refractivity contribution in [3.63, 3.8) is 0 Å². The Bertz CT molecular complexity index is 248. The van der Waals surface area contributed by atoms with E-state index in [0.717, 1.165) is 19.6 Å². The van der Waals surface area contributed by atoms with E-state index in [1.807, 2.05) is 37.4 Å². The number of carbonyl (C=O) groups is 1. The zero-order chi connectivity index (χ0) is 12.9. The largest absolute Gasteiger partial charge is 0.342 e. The van der Waals surface area contributed by atoms with Crippen molar-refractivity contribution in [1.82, 2.24) is 10.2 Å². The highest BCUT2D eigenvalue weighted by Crippen LogP contribution is 2.36. The molecule has 2 atom stereocenters. The van der Waals surface area contributed by atoms with Gasteiger partial charge in [0.1, 0.15) is 0 Å². The number of rotatable bonds is 6. The first-order valence-corrected chi connectivity index (χ1v) is 7.67. The second kappa shape index (κ2) is 6.64. The lowest BCUT2D eigenvalue weighted by Crippen LogP contribution is -2.48. The molecule has 1 aliphatic heterocycles. The van der Waals surface area contributed by atoms with Gasteiger partial charge in [-0.05, 0) is 46.3 Å². The van der Waals surface area contributed by atoms with Crippen molar-refractivity contribution in [2.45, 2.75) is 51.3 Å². The summed E-state index contributed by atoms with van der Waals surface area (Å²) in [5.41, 5.74) is 0. The molecule has 0 saturated carbocycles. The van der Waals surface area contributed by atoms with Crippen molar-refractivity contribution in [3.8, 4) is 0 Å². The first-order chi connectivity index (χ1) is 8.02. The summed E-state index contributed by atoms with van der Waals surface area (Å²) in [5.74, 6) is 1.48. The number of carbonyl (C=O) groups excluding carboxylic acids is 1. The van der Waals surface area contributed by atoms with Crippen LogP contribution >= 0.6 is 11.8 Å². The number of nitrogens with zero attached hydrogens (tertiary/aromatic N) is 1. The third-order valence-electron chi connectivity index (χ3n) is 3.53. The number of thioether (sulfide) groups is 1. The van der Waals surface area contributed by atoms with Crippen molar-refractivity contribution in [2.24, 2.45) is 0 Å². The molecular weight excluding hydrogens is 232 g/mol. The van der Waals surface area contributed by atoms with Gasteiger partial charge >= 0.3 is 0 Å². The Kier molecular flexibility index (Phi) is 5.80. The van der Waals surface area contributed by atoms with Crippen LogP contribution in [0, 0.1) is 0 Å². The minimum absolute atomic E-state index is 0.0621. The van der Waals surface area contributed by atoms with E-state index >= 15 is 0 Å². The first-order valence-electron chi connectivity index (χ1n) is 6.68. The SMILES string of the molecule is CCN(CC)C(=O)C(C)NCC1(C)CCCS1. The van der Waals surface area contributed by atoms with Gasteiger partial charge in [0.05, 0.1) is 6.04 Å². The third kappa shape index (κ3) is 4.18. The van der Waals surface area contributed by atoms with Crippen LogP contribution in [0.2, 0.25) is 0 Å². The Balaban J connectivity index is 2.38. The van der Waals surface area contributed by atoms with Crippen LogP contribution in [0.4, 0.5) is 0 Å². The maximum Gasteiger partial charge on any atom is 0.239 e. The number of nitrogens with one attached hydrogen (secondary N) is 1. The molecule has 1 heterocycles. The number of hydrogen-bond donors (Lipinski definition) is 1. The molecule has 17 heavy (non-hydrogen) atoms. The standard InChI is InChI=1S/C13H26N2OS/c1-5-15(6-2)12(16)11(3)14-10-13(4)8-7-9-17-13/h11,14H,5-10H2,1-4H3. The monoisotopic (exact) mass is 258 g/mol. The Morgan fingerprint density at radius 3 is 2.59 bits per heavy atom. The van der Waals surface area contributed by atoms with Crippen LogP contribution in [0.15, 0.2) is 0 Å². The van der Waals surface area contributed by atoms with Gasteiger partial charge in [-0.15, -0.1) is 0 Å². The summed E-state index contributed by atoms with van der Waals surface area (Å²) in [6.45, 7) is 10.9. The highest BCUT2D eigenvalue weighted by molar-refractivity contribution is 8.00. The summed E-state index contributed by atoms with van der Waals surface area (Å²) in [5, 5.41) is 3.40. The molecule has 1 amide bonds. The maximum absolute atomic E-state index is 12.1. The Labute approximate surface area is 110 Å². The Hall–Kier alpha value is -0.220. The van der Waals surface area contributed by atoms with E-state index in [1.165, 1.54) is 18.6 Å². The fraction of sp³-hybridized carbons (Fsp3) is 0.923. The molecule has 0 aromatic carbocycles. The topological polar surface area (TPSA) is 32.3 Å². The molecule has 1 fully saturated rings. The fourth-order valence-corrected chi connectivity index (χ4v) is 3.50. The van der Waals surface area contributed by atoms with Gasteiger partial charge in [0, 0.05) is 24.4 Å². The van der Waals surface area contributed by atoms with E-state index in [4.69, 9.17) is 0 Å². The fourth-order valence-electron chi connectivity index (χ4n) is 2.24. The van der Waals surface area contributed by atoms with Gasteiger partial charge < -0.3 is 10.2 Å². The van der Waals surface area contributed by atoms with Crippen LogP contribution in [0.1, 0.15) is 40.5 Å². The summed E-state index contributed by atoms with van der Waals surface area (Å²) in [6.07, 6.45) is 2.57. The molecule has 0 radical (unpaired) electrons. The third-order valence-corrected chi connectivity index (χ3v) is 5.07. The van der Waals surface area contributed by atoms with Crippen LogP contribution < -0.4 is 5.32 Å². The van der Waals surface area contributed by atoms with Crippen LogP contribution in [0.3, 0.4) is 0 Å².